The number of fused-ring (bicyclic) bond motifs is 1. The van der Waals surface area contributed by atoms with Crippen LogP contribution in [0.1, 0.15) is 30.9 Å². The minimum absolute atomic E-state index is 0. The van der Waals surface area contributed by atoms with E-state index < -0.39 is 0 Å². The summed E-state index contributed by atoms with van der Waals surface area (Å²) in [6, 6.07) is 6.56. The molecule has 1 fully saturated rings. The molecule has 3 rings (SSSR count). The third kappa shape index (κ3) is 5.64. The molecule has 29 heavy (non-hydrogen) atoms. The first-order valence-corrected chi connectivity index (χ1v) is 10.4. The molecule has 162 valence electrons. The van der Waals surface area contributed by atoms with Gasteiger partial charge in [0, 0.05) is 56.0 Å². The Morgan fingerprint density at radius 3 is 2.62 bits per heavy atom. The molecule has 0 unspecified atom stereocenters. The molecule has 6 nitrogen and oxygen atoms in total. The molecule has 1 aliphatic rings. The number of aromatic nitrogens is 1. The Hall–Kier alpha value is -1.32. The molecule has 1 aliphatic heterocycles. The van der Waals surface area contributed by atoms with Gasteiger partial charge in [-0.25, -0.2) is 0 Å². The molecule has 7 heteroatoms. The summed E-state index contributed by atoms with van der Waals surface area (Å²) in [5, 5.41) is 8.33. The van der Waals surface area contributed by atoms with E-state index in [1.807, 2.05) is 7.05 Å². The van der Waals surface area contributed by atoms with Gasteiger partial charge in [-0.1, -0.05) is 25.1 Å². The van der Waals surface area contributed by atoms with E-state index in [4.69, 9.17) is 4.74 Å². The lowest BCUT2D eigenvalue weighted by Crippen LogP contribution is -2.57. The lowest BCUT2D eigenvalue weighted by Gasteiger charge is -2.43. The summed E-state index contributed by atoms with van der Waals surface area (Å²) in [5.41, 5.74) is 4.13. The largest absolute Gasteiger partial charge is 0.381 e. The Kier molecular flexibility index (Phi) is 9.23. The number of aromatic amines is 1. The number of guanidine groups is 1. The smallest absolute Gasteiger partial charge is 0.191 e. The van der Waals surface area contributed by atoms with Crippen LogP contribution in [0.5, 0.6) is 0 Å². The van der Waals surface area contributed by atoms with Gasteiger partial charge in [-0.15, -0.1) is 24.0 Å². The molecule has 0 bridgehead atoms. The first-order valence-electron chi connectivity index (χ1n) is 10.4. The van der Waals surface area contributed by atoms with Crippen molar-refractivity contribution in [1.29, 1.82) is 0 Å². The maximum Gasteiger partial charge on any atom is 0.191 e. The molecule has 0 aliphatic carbocycles. The Bertz CT molecular complexity index is 796. The number of rotatable bonds is 7. The van der Waals surface area contributed by atoms with E-state index in [1.54, 1.807) is 0 Å². The maximum atomic E-state index is 5.56. The molecule has 1 aromatic heterocycles. The number of aryl methyl sites for hydroxylation is 1. The molecule has 3 N–H and O–H groups in total. The van der Waals surface area contributed by atoms with Gasteiger partial charge in [-0.2, -0.15) is 0 Å². The van der Waals surface area contributed by atoms with E-state index in [-0.39, 0.29) is 29.5 Å². The van der Waals surface area contributed by atoms with Crippen LogP contribution in [-0.2, 0) is 17.6 Å². The fourth-order valence-electron chi connectivity index (χ4n) is 4.09. The van der Waals surface area contributed by atoms with Crippen LogP contribution in [0, 0.1) is 0 Å². The van der Waals surface area contributed by atoms with Crippen molar-refractivity contribution in [3.8, 4) is 0 Å². The molecular weight excluding hydrogens is 477 g/mol. The summed E-state index contributed by atoms with van der Waals surface area (Å²) < 4.78 is 5.56. The third-order valence-electron chi connectivity index (χ3n) is 6.14. The zero-order chi connectivity index (χ0) is 20.0. The minimum atomic E-state index is 0. The van der Waals surface area contributed by atoms with Crippen molar-refractivity contribution in [3.05, 3.63) is 35.5 Å². The van der Waals surface area contributed by atoms with Gasteiger partial charge in [-0.05, 0) is 50.9 Å². The van der Waals surface area contributed by atoms with Gasteiger partial charge < -0.3 is 25.3 Å². The topological polar surface area (TPSA) is 64.7 Å². The average molecular weight is 513 g/mol. The van der Waals surface area contributed by atoms with Crippen molar-refractivity contribution in [3.63, 3.8) is 0 Å². The Morgan fingerprint density at radius 2 is 1.97 bits per heavy atom. The summed E-state index contributed by atoms with van der Waals surface area (Å²) in [4.78, 5) is 10.2. The number of hydrogen-bond donors (Lipinski definition) is 3. The highest BCUT2D eigenvalue weighted by molar-refractivity contribution is 14.0. The van der Waals surface area contributed by atoms with Gasteiger partial charge in [0.05, 0.1) is 0 Å². The lowest BCUT2D eigenvalue weighted by atomic mass is 9.88. The van der Waals surface area contributed by atoms with E-state index >= 15 is 0 Å². The van der Waals surface area contributed by atoms with Crippen LogP contribution in [0.15, 0.2) is 29.4 Å². The molecule has 0 spiro atoms. The second-order valence-corrected chi connectivity index (χ2v) is 7.84. The maximum absolute atomic E-state index is 5.56. The first kappa shape index (κ1) is 24.0. The van der Waals surface area contributed by atoms with E-state index in [9.17, 15) is 0 Å². The van der Waals surface area contributed by atoms with Crippen LogP contribution in [0.3, 0.4) is 0 Å². The molecule has 1 aromatic carbocycles. The summed E-state index contributed by atoms with van der Waals surface area (Å²) in [6.07, 6.45) is 6.23. The fourth-order valence-corrected chi connectivity index (χ4v) is 4.09. The van der Waals surface area contributed by atoms with Gasteiger partial charge in [0.2, 0.25) is 0 Å². The SMILES string of the molecule is CCc1cccc2c(CCNC(=NC)NCC3(N(C)C)CCOCC3)c[nH]c12.I. The predicted molar refractivity (Wildman–Crippen MR) is 133 cm³/mol. The fraction of sp³-hybridized carbons (Fsp3) is 0.591. The van der Waals surface area contributed by atoms with Crippen LogP contribution in [0.25, 0.3) is 10.9 Å². The molecule has 2 heterocycles. The van der Waals surface area contributed by atoms with Gasteiger partial charge in [0.1, 0.15) is 0 Å². The molecule has 0 atom stereocenters. The first-order chi connectivity index (χ1) is 13.6. The number of halogens is 1. The quantitative estimate of drug-likeness (QED) is 0.303. The highest BCUT2D eigenvalue weighted by Gasteiger charge is 2.34. The Morgan fingerprint density at radius 1 is 1.21 bits per heavy atom. The van der Waals surface area contributed by atoms with Crippen molar-refractivity contribution in [2.75, 3.05) is 47.4 Å². The van der Waals surface area contributed by atoms with Gasteiger partial charge >= 0.3 is 0 Å². The molecule has 2 aromatic rings. The number of likely N-dealkylation sites (N-methyl/N-ethyl adjacent to an activating group) is 1. The number of nitrogens with one attached hydrogen (secondary N) is 3. The number of nitrogens with zero attached hydrogens (tertiary/aromatic N) is 2. The highest BCUT2D eigenvalue weighted by Crippen LogP contribution is 2.25. The van der Waals surface area contributed by atoms with Gasteiger partial charge in [-0.3, -0.25) is 4.99 Å². The van der Waals surface area contributed by atoms with Crippen molar-refractivity contribution >= 4 is 40.8 Å². The Labute approximate surface area is 191 Å². The molecule has 0 radical (unpaired) electrons. The normalized spacial score (nSPS) is 16.7. The van der Waals surface area contributed by atoms with E-state index in [1.165, 1.54) is 22.0 Å². The van der Waals surface area contributed by atoms with Crippen molar-refractivity contribution in [2.45, 2.75) is 38.1 Å². The van der Waals surface area contributed by atoms with E-state index in [0.29, 0.717) is 0 Å². The standard InChI is InChI=1S/C22H35N5O.HI/c1-5-17-7-6-8-19-18(15-25-20(17)19)9-12-24-21(23-2)26-16-22(27(3)4)10-13-28-14-11-22;/h6-8,15,25H,5,9-14,16H2,1-4H3,(H2,23,24,26);1H. The van der Waals surface area contributed by atoms with Crippen molar-refractivity contribution in [1.82, 2.24) is 20.5 Å². The Balaban J connectivity index is 0.00000300. The number of hydrogen-bond acceptors (Lipinski definition) is 3. The second-order valence-electron chi connectivity index (χ2n) is 7.84. The zero-order valence-electron chi connectivity index (χ0n) is 18.2. The van der Waals surface area contributed by atoms with Crippen LogP contribution < -0.4 is 10.6 Å². The van der Waals surface area contributed by atoms with Crippen LogP contribution in [0.2, 0.25) is 0 Å². The summed E-state index contributed by atoms with van der Waals surface area (Å²) in [6.45, 7) is 5.57. The summed E-state index contributed by atoms with van der Waals surface area (Å²) in [5.74, 6) is 0.863. The molecule has 1 saturated heterocycles. The zero-order valence-corrected chi connectivity index (χ0v) is 20.5. The van der Waals surface area contributed by atoms with Crippen LogP contribution >= 0.6 is 24.0 Å². The molecular formula is C22H36IN5O. The number of H-pyrrole nitrogens is 1. The van der Waals surface area contributed by atoms with Gasteiger partial charge in [0.15, 0.2) is 5.96 Å². The van der Waals surface area contributed by atoms with E-state index in [2.05, 4.69) is 70.9 Å². The molecule has 0 amide bonds. The van der Waals surface area contributed by atoms with E-state index in [0.717, 1.165) is 57.9 Å². The van der Waals surface area contributed by atoms with Gasteiger partial charge in [0.25, 0.3) is 0 Å². The molecule has 0 saturated carbocycles. The number of para-hydroxylation sites is 1. The summed E-state index contributed by atoms with van der Waals surface area (Å²) in [7, 11) is 6.15. The van der Waals surface area contributed by atoms with Crippen LogP contribution in [-0.4, -0.2) is 68.8 Å². The van der Waals surface area contributed by atoms with Crippen molar-refractivity contribution in [2.24, 2.45) is 4.99 Å². The predicted octanol–water partition coefficient (Wildman–Crippen LogP) is 3.17. The van der Waals surface area contributed by atoms with Crippen LogP contribution in [0.4, 0.5) is 0 Å². The van der Waals surface area contributed by atoms with Crippen molar-refractivity contribution < 1.29 is 4.74 Å². The summed E-state index contributed by atoms with van der Waals surface area (Å²) >= 11 is 0. The minimum Gasteiger partial charge on any atom is -0.381 e. The lowest BCUT2D eigenvalue weighted by molar-refractivity contribution is -0.00500. The third-order valence-corrected chi connectivity index (χ3v) is 6.14. The second kappa shape index (κ2) is 11.2. The highest BCUT2D eigenvalue weighted by atomic mass is 127. The number of aliphatic imine (C=N–C) groups is 1. The average Bonchev–Trinajstić information content (AvgIpc) is 3.14. The number of ether oxygens (including phenoxy) is 1. The monoisotopic (exact) mass is 513 g/mol. The number of benzene rings is 1.